The van der Waals surface area contributed by atoms with Gasteiger partial charge >= 0.3 is 0 Å². The highest BCUT2D eigenvalue weighted by atomic mass is 32.2. The van der Waals surface area contributed by atoms with Crippen molar-refractivity contribution in [3.63, 3.8) is 0 Å². The molecule has 1 amide bonds. The van der Waals surface area contributed by atoms with Gasteiger partial charge in [-0.3, -0.25) is 4.79 Å². The molecule has 0 radical (unpaired) electrons. The third-order valence-corrected chi connectivity index (χ3v) is 5.93. The molecule has 0 spiro atoms. The second kappa shape index (κ2) is 5.57. The SMILES string of the molecule is CC(C)(CNC(=O)C1CCCC(N)C1)S(C)(=O)=O. The summed E-state index contributed by atoms with van der Waals surface area (Å²) in [6, 6.07) is 0.0948. The Morgan fingerprint density at radius 2 is 2.00 bits per heavy atom. The van der Waals surface area contributed by atoms with Crippen LogP contribution < -0.4 is 11.1 Å². The van der Waals surface area contributed by atoms with Crippen molar-refractivity contribution in [2.75, 3.05) is 12.8 Å². The highest BCUT2D eigenvalue weighted by Gasteiger charge is 2.32. The van der Waals surface area contributed by atoms with Crippen molar-refractivity contribution in [1.82, 2.24) is 5.32 Å². The van der Waals surface area contributed by atoms with Crippen LogP contribution in [0.1, 0.15) is 39.5 Å². The molecule has 106 valence electrons. The Labute approximate surface area is 109 Å². The van der Waals surface area contributed by atoms with E-state index in [4.69, 9.17) is 5.73 Å². The van der Waals surface area contributed by atoms with Crippen LogP contribution in [-0.2, 0) is 14.6 Å². The summed E-state index contributed by atoms with van der Waals surface area (Å²) in [5.74, 6) is -0.133. The molecule has 1 rings (SSSR count). The van der Waals surface area contributed by atoms with E-state index in [1.807, 2.05) is 0 Å². The van der Waals surface area contributed by atoms with E-state index in [1.165, 1.54) is 6.26 Å². The minimum absolute atomic E-state index is 0.0656. The average molecular weight is 276 g/mol. The van der Waals surface area contributed by atoms with Crippen molar-refractivity contribution in [2.24, 2.45) is 11.7 Å². The predicted molar refractivity (Wildman–Crippen MR) is 71.9 cm³/mol. The van der Waals surface area contributed by atoms with Crippen LogP contribution in [0.3, 0.4) is 0 Å². The van der Waals surface area contributed by atoms with Gasteiger partial charge < -0.3 is 11.1 Å². The van der Waals surface area contributed by atoms with Gasteiger partial charge in [-0.2, -0.15) is 0 Å². The lowest BCUT2D eigenvalue weighted by atomic mass is 9.85. The summed E-state index contributed by atoms with van der Waals surface area (Å²) < 4.78 is 22.1. The topological polar surface area (TPSA) is 89.3 Å². The minimum Gasteiger partial charge on any atom is -0.354 e. The van der Waals surface area contributed by atoms with Gasteiger partial charge in [-0.25, -0.2) is 8.42 Å². The molecule has 0 aromatic rings. The van der Waals surface area contributed by atoms with Gasteiger partial charge in [-0.05, 0) is 33.1 Å². The number of hydrogen-bond acceptors (Lipinski definition) is 4. The summed E-state index contributed by atoms with van der Waals surface area (Å²) in [6.07, 6.45) is 4.67. The third-order valence-electron chi connectivity index (χ3n) is 3.78. The number of nitrogens with two attached hydrogens (primary N) is 1. The second-order valence-corrected chi connectivity index (χ2v) is 8.52. The number of sulfone groups is 1. The van der Waals surface area contributed by atoms with Gasteiger partial charge in [-0.1, -0.05) is 6.42 Å². The van der Waals surface area contributed by atoms with E-state index in [0.29, 0.717) is 6.42 Å². The highest BCUT2D eigenvalue weighted by molar-refractivity contribution is 7.92. The predicted octanol–water partition coefficient (Wildman–Crippen LogP) is 0.443. The number of carbonyl (C=O) groups excluding carboxylic acids is 1. The van der Waals surface area contributed by atoms with Gasteiger partial charge in [-0.15, -0.1) is 0 Å². The molecule has 0 aliphatic heterocycles. The maximum absolute atomic E-state index is 12.0. The summed E-state index contributed by atoms with van der Waals surface area (Å²) in [5.41, 5.74) is 5.84. The van der Waals surface area contributed by atoms with Crippen molar-refractivity contribution >= 4 is 15.7 Å². The minimum atomic E-state index is -3.18. The molecule has 2 atom stereocenters. The quantitative estimate of drug-likeness (QED) is 0.780. The average Bonchev–Trinajstić information content (AvgIpc) is 2.24. The van der Waals surface area contributed by atoms with Gasteiger partial charge in [0.1, 0.15) is 0 Å². The first-order valence-corrected chi connectivity index (χ1v) is 8.25. The van der Waals surface area contributed by atoms with Crippen LogP contribution in [0.2, 0.25) is 0 Å². The van der Waals surface area contributed by atoms with E-state index in [9.17, 15) is 13.2 Å². The van der Waals surface area contributed by atoms with Crippen LogP contribution >= 0.6 is 0 Å². The maximum Gasteiger partial charge on any atom is 0.223 e. The van der Waals surface area contributed by atoms with Crippen molar-refractivity contribution in [2.45, 2.75) is 50.3 Å². The first-order valence-electron chi connectivity index (χ1n) is 6.36. The Morgan fingerprint density at radius 3 is 2.50 bits per heavy atom. The molecule has 1 aliphatic rings. The molecule has 1 saturated carbocycles. The summed E-state index contributed by atoms with van der Waals surface area (Å²) in [6.45, 7) is 3.39. The Balaban J connectivity index is 2.51. The van der Waals surface area contributed by atoms with Crippen LogP contribution in [0.15, 0.2) is 0 Å². The zero-order valence-corrected chi connectivity index (χ0v) is 12.2. The zero-order valence-electron chi connectivity index (χ0n) is 11.4. The molecule has 0 aromatic carbocycles. The van der Waals surface area contributed by atoms with E-state index in [2.05, 4.69) is 5.32 Å². The number of carbonyl (C=O) groups is 1. The smallest absolute Gasteiger partial charge is 0.223 e. The van der Waals surface area contributed by atoms with E-state index in [1.54, 1.807) is 13.8 Å². The summed E-state index contributed by atoms with van der Waals surface area (Å²) in [5, 5.41) is 2.75. The van der Waals surface area contributed by atoms with Crippen molar-refractivity contribution in [3.05, 3.63) is 0 Å². The van der Waals surface area contributed by atoms with Gasteiger partial charge in [0.2, 0.25) is 5.91 Å². The lowest BCUT2D eigenvalue weighted by molar-refractivity contribution is -0.126. The molecule has 2 unspecified atom stereocenters. The molecule has 1 fully saturated rings. The first-order chi connectivity index (χ1) is 8.13. The van der Waals surface area contributed by atoms with Crippen LogP contribution in [-0.4, -0.2) is 37.9 Å². The van der Waals surface area contributed by atoms with Crippen molar-refractivity contribution in [1.29, 1.82) is 0 Å². The number of hydrogen-bond donors (Lipinski definition) is 2. The van der Waals surface area contributed by atoms with E-state index in [-0.39, 0.29) is 24.4 Å². The van der Waals surface area contributed by atoms with Crippen LogP contribution in [0.5, 0.6) is 0 Å². The number of rotatable bonds is 4. The zero-order chi connectivity index (χ0) is 14.0. The molecular weight excluding hydrogens is 252 g/mol. The Bertz CT molecular complexity index is 404. The summed E-state index contributed by atoms with van der Waals surface area (Å²) >= 11 is 0. The monoisotopic (exact) mass is 276 g/mol. The lowest BCUT2D eigenvalue weighted by Gasteiger charge is -2.28. The molecule has 5 nitrogen and oxygen atoms in total. The molecule has 18 heavy (non-hydrogen) atoms. The first kappa shape index (κ1) is 15.4. The molecule has 6 heteroatoms. The summed E-state index contributed by atoms with van der Waals surface area (Å²) in [4.78, 5) is 12.0. The fourth-order valence-corrected chi connectivity index (χ4v) is 2.38. The lowest BCUT2D eigenvalue weighted by Crippen LogP contribution is -2.46. The molecule has 0 saturated heterocycles. The van der Waals surface area contributed by atoms with E-state index < -0.39 is 14.6 Å². The molecule has 0 aromatic heterocycles. The second-order valence-electron chi connectivity index (χ2n) is 5.87. The Kier molecular flexibility index (Phi) is 4.78. The van der Waals surface area contributed by atoms with Crippen LogP contribution in [0.25, 0.3) is 0 Å². The molecule has 0 bridgehead atoms. The standard InChI is InChI=1S/C12H24N2O3S/c1-12(2,18(3,16)17)8-14-11(15)9-5-4-6-10(13)7-9/h9-10H,4-8,13H2,1-3H3,(H,14,15). The van der Waals surface area contributed by atoms with Crippen LogP contribution in [0.4, 0.5) is 0 Å². The van der Waals surface area contributed by atoms with Gasteiger partial charge in [0.15, 0.2) is 9.84 Å². The largest absolute Gasteiger partial charge is 0.354 e. The molecule has 3 N–H and O–H groups in total. The number of amides is 1. The van der Waals surface area contributed by atoms with Crippen LogP contribution in [0, 0.1) is 5.92 Å². The van der Waals surface area contributed by atoms with E-state index >= 15 is 0 Å². The normalized spacial score (nSPS) is 25.8. The molecule has 1 aliphatic carbocycles. The Hall–Kier alpha value is -0.620. The molecule has 0 heterocycles. The Morgan fingerprint density at radius 1 is 1.39 bits per heavy atom. The summed E-state index contributed by atoms with van der Waals surface area (Å²) in [7, 11) is -3.18. The fraction of sp³-hybridized carbons (Fsp3) is 0.917. The van der Waals surface area contributed by atoms with Gasteiger partial charge in [0.25, 0.3) is 0 Å². The van der Waals surface area contributed by atoms with Crippen molar-refractivity contribution < 1.29 is 13.2 Å². The third kappa shape index (κ3) is 3.95. The van der Waals surface area contributed by atoms with Gasteiger partial charge in [0, 0.05) is 24.8 Å². The van der Waals surface area contributed by atoms with E-state index in [0.717, 1.165) is 19.3 Å². The van der Waals surface area contributed by atoms with Gasteiger partial charge in [0.05, 0.1) is 4.75 Å². The maximum atomic E-state index is 12.0. The fourth-order valence-electron chi connectivity index (χ4n) is 2.04. The van der Waals surface area contributed by atoms with Crippen molar-refractivity contribution in [3.8, 4) is 0 Å². The number of nitrogens with one attached hydrogen (secondary N) is 1. The molecular formula is C12H24N2O3S. The highest BCUT2D eigenvalue weighted by Crippen LogP contribution is 2.23.